The fraction of sp³-hybridized carbons (Fsp3) is 0.417. The number of esters is 1. The molecule has 1 saturated heterocycles. The van der Waals surface area contributed by atoms with Crippen LogP contribution in [0, 0.1) is 0 Å². The number of benzene rings is 1. The molecule has 1 unspecified atom stereocenters. The minimum Gasteiger partial charge on any atom is -0.459 e. The van der Waals surface area contributed by atoms with Gasteiger partial charge in [-0.3, -0.25) is 5.32 Å². The molecule has 1 aromatic carbocycles. The van der Waals surface area contributed by atoms with E-state index in [1.807, 2.05) is 37.3 Å². The molecule has 0 aliphatic carbocycles. The summed E-state index contributed by atoms with van der Waals surface area (Å²) >= 11 is 1.60. The summed E-state index contributed by atoms with van der Waals surface area (Å²) in [6.07, 6.45) is 0. The average molecular weight is 237 g/mol. The lowest BCUT2D eigenvalue weighted by Crippen LogP contribution is -2.43. The van der Waals surface area contributed by atoms with Crippen molar-refractivity contribution in [2.45, 2.75) is 18.4 Å². The highest BCUT2D eigenvalue weighted by Crippen LogP contribution is 2.28. The summed E-state index contributed by atoms with van der Waals surface area (Å²) in [4.78, 5) is 11.3. The molecule has 86 valence electrons. The van der Waals surface area contributed by atoms with Gasteiger partial charge in [-0.2, -0.15) is 0 Å². The van der Waals surface area contributed by atoms with E-state index in [1.165, 1.54) is 0 Å². The largest absolute Gasteiger partial charge is 0.459 e. The van der Waals surface area contributed by atoms with Gasteiger partial charge in [-0.1, -0.05) is 30.3 Å². The maximum absolute atomic E-state index is 11.8. The fourth-order valence-corrected chi connectivity index (χ4v) is 2.58. The summed E-state index contributed by atoms with van der Waals surface area (Å²) in [6.45, 7) is 3.08. The van der Waals surface area contributed by atoms with Crippen LogP contribution in [0.3, 0.4) is 0 Å². The van der Waals surface area contributed by atoms with E-state index in [-0.39, 0.29) is 5.97 Å². The zero-order valence-electron chi connectivity index (χ0n) is 9.23. The molecule has 1 heterocycles. The highest BCUT2D eigenvalue weighted by molar-refractivity contribution is 8.01. The van der Waals surface area contributed by atoms with E-state index in [4.69, 9.17) is 4.74 Å². The van der Waals surface area contributed by atoms with Crippen molar-refractivity contribution in [2.75, 3.05) is 12.3 Å². The van der Waals surface area contributed by atoms with Crippen LogP contribution in [0.25, 0.3) is 0 Å². The van der Waals surface area contributed by atoms with Gasteiger partial charge in [-0.25, -0.2) is 4.79 Å². The quantitative estimate of drug-likeness (QED) is 0.813. The van der Waals surface area contributed by atoms with Crippen LogP contribution in [0.5, 0.6) is 0 Å². The molecule has 0 aromatic heterocycles. The number of hydrogen-bond donors (Lipinski definition) is 1. The molecule has 1 N–H and O–H groups in total. The van der Waals surface area contributed by atoms with Gasteiger partial charge in [-0.15, -0.1) is 11.8 Å². The zero-order chi connectivity index (χ0) is 11.4. The Hall–Kier alpha value is -1.00. The Bertz CT molecular complexity index is 361. The molecule has 1 aliphatic heterocycles. The standard InChI is InChI=1S/C12H15NO2S/c1-12(13-7-8-16-12)11(14)15-9-10-5-3-2-4-6-10/h2-6,13H,7-9H2,1H3. The van der Waals surface area contributed by atoms with Crippen LogP contribution in [-0.2, 0) is 16.1 Å². The first kappa shape index (κ1) is 11.5. The first-order valence-electron chi connectivity index (χ1n) is 5.31. The summed E-state index contributed by atoms with van der Waals surface area (Å²) in [6, 6.07) is 9.72. The third-order valence-corrected chi connectivity index (χ3v) is 3.85. The van der Waals surface area contributed by atoms with E-state index >= 15 is 0 Å². The SMILES string of the molecule is CC1(C(=O)OCc2ccccc2)NCCS1. The smallest absolute Gasteiger partial charge is 0.336 e. The van der Waals surface area contributed by atoms with Crippen molar-refractivity contribution < 1.29 is 9.53 Å². The topological polar surface area (TPSA) is 38.3 Å². The van der Waals surface area contributed by atoms with Gasteiger partial charge in [0.25, 0.3) is 0 Å². The Morgan fingerprint density at radius 1 is 1.50 bits per heavy atom. The predicted molar refractivity (Wildman–Crippen MR) is 65.1 cm³/mol. The van der Waals surface area contributed by atoms with Crippen LogP contribution >= 0.6 is 11.8 Å². The van der Waals surface area contributed by atoms with Crippen molar-refractivity contribution in [3.63, 3.8) is 0 Å². The van der Waals surface area contributed by atoms with Crippen molar-refractivity contribution in [3.05, 3.63) is 35.9 Å². The van der Waals surface area contributed by atoms with Gasteiger partial charge in [0, 0.05) is 12.3 Å². The molecule has 1 atom stereocenters. The van der Waals surface area contributed by atoms with Crippen LogP contribution in [0.4, 0.5) is 0 Å². The van der Waals surface area contributed by atoms with Gasteiger partial charge in [-0.05, 0) is 12.5 Å². The molecule has 0 amide bonds. The molecular formula is C12H15NO2S. The monoisotopic (exact) mass is 237 g/mol. The number of carbonyl (C=O) groups is 1. The molecule has 0 radical (unpaired) electrons. The number of hydrogen-bond acceptors (Lipinski definition) is 4. The lowest BCUT2D eigenvalue weighted by molar-refractivity contribution is -0.148. The van der Waals surface area contributed by atoms with E-state index in [9.17, 15) is 4.79 Å². The Morgan fingerprint density at radius 2 is 2.25 bits per heavy atom. The van der Waals surface area contributed by atoms with Gasteiger partial charge >= 0.3 is 5.97 Å². The molecule has 1 aliphatic rings. The van der Waals surface area contributed by atoms with E-state index in [0.717, 1.165) is 17.9 Å². The van der Waals surface area contributed by atoms with Crippen LogP contribution in [-0.4, -0.2) is 23.1 Å². The van der Waals surface area contributed by atoms with Crippen molar-refractivity contribution in [2.24, 2.45) is 0 Å². The predicted octanol–water partition coefficient (Wildman–Crippen LogP) is 1.78. The third kappa shape index (κ3) is 2.57. The number of rotatable bonds is 3. The first-order chi connectivity index (χ1) is 7.71. The maximum Gasteiger partial charge on any atom is 0.336 e. The molecule has 0 saturated carbocycles. The molecule has 4 heteroatoms. The second-order valence-corrected chi connectivity index (χ2v) is 5.38. The second-order valence-electron chi connectivity index (χ2n) is 3.87. The molecule has 0 spiro atoms. The Balaban J connectivity index is 1.89. The minimum atomic E-state index is -0.561. The van der Waals surface area contributed by atoms with Crippen molar-refractivity contribution >= 4 is 17.7 Å². The second kappa shape index (κ2) is 4.89. The summed E-state index contributed by atoms with van der Waals surface area (Å²) in [5, 5.41) is 3.16. The van der Waals surface area contributed by atoms with E-state index in [1.54, 1.807) is 11.8 Å². The normalized spacial score (nSPS) is 24.3. The summed E-state index contributed by atoms with van der Waals surface area (Å²) in [5.74, 6) is 0.774. The number of ether oxygens (including phenoxy) is 1. The number of nitrogens with one attached hydrogen (secondary N) is 1. The molecular weight excluding hydrogens is 222 g/mol. The van der Waals surface area contributed by atoms with Crippen molar-refractivity contribution in [3.8, 4) is 0 Å². The first-order valence-corrected chi connectivity index (χ1v) is 6.29. The number of thioether (sulfide) groups is 1. The van der Waals surface area contributed by atoms with E-state index in [2.05, 4.69) is 5.32 Å². The average Bonchev–Trinajstić information content (AvgIpc) is 2.76. The van der Waals surface area contributed by atoms with Crippen molar-refractivity contribution in [1.29, 1.82) is 0 Å². The zero-order valence-corrected chi connectivity index (χ0v) is 10.0. The molecule has 16 heavy (non-hydrogen) atoms. The molecule has 2 rings (SSSR count). The minimum absolute atomic E-state index is 0.182. The Labute approximate surface area is 99.6 Å². The maximum atomic E-state index is 11.8. The fourth-order valence-electron chi connectivity index (χ4n) is 1.59. The van der Waals surface area contributed by atoms with E-state index < -0.39 is 4.87 Å². The van der Waals surface area contributed by atoms with Crippen molar-refractivity contribution in [1.82, 2.24) is 5.32 Å². The Morgan fingerprint density at radius 3 is 2.88 bits per heavy atom. The summed E-state index contributed by atoms with van der Waals surface area (Å²) in [7, 11) is 0. The van der Waals surface area contributed by atoms with Gasteiger partial charge < -0.3 is 4.74 Å². The molecule has 1 aromatic rings. The van der Waals surface area contributed by atoms with E-state index in [0.29, 0.717) is 6.61 Å². The van der Waals surface area contributed by atoms with Crippen LogP contribution in [0.15, 0.2) is 30.3 Å². The van der Waals surface area contributed by atoms with Gasteiger partial charge in [0.15, 0.2) is 4.87 Å². The Kier molecular flexibility index (Phi) is 3.51. The lowest BCUT2D eigenvalue weighted by atomic mass is 10.2. The van der Waals surface area contributed by atoms with Gasteiger partial charge in [0.05, 0.1) is 0 Å². The molecule has 1 fully saturated rings. The van der Waals surface area contributed by atoms with Gasteiger partial charge in [0.1, 0.15) is 6.61 Å². The summed E-state index contributed by atoms with van der Waals surface area (Å²) in [5.41, 5.74) is 1.02. The van der Waals surface area contributed by atoms with Crippen LogP contribution in [0.1, 0.15) is 12.5 Å². The molecule has 0 bridgehead atoms. The lowest BCUT2D eigenvalue weighted by Gasteiger charge is -2.20. The van der Waals surface area contributed by atoms with Gasteiger partial charge in [0.2, 0.25) is 0 Å². The summed E-state index contributed by atoms with van der Waals surface area (Å²) < 4.78 is 5.29. The van der Waals surface area contributed by atoms with Crippen LogP contribution < -0.4 is 5.32 Å². The number of carbonyl (C=O) groups excluding carboxylic acids is 1. The third-order valence-electron chi connectivity index (χ3n) is 2.56. The molecule has 3 nitrogen and oxygen atoms in total. The highest BCUT2D eigenvalue weighted by Gasteiger charge is 2.38. The van der Waals surface area contributed by atoms with Crippen LogP contribution in [0.2, 0.25) is 0 Å². The highest BCUT2D eigenvalue weighted by atomic mass is 32.2.